The smallest absolute Gasteiger partial charge is 0.0540 e. The molecule has 0 bridgehead atoms. The van der Waals surface area contributed by atoms with E-state index in [1.165, 1.54) is 32.2 Å². The molecule has 2 atom stereocenters. The minimum atomic E-state index is -0.0326. The second kappa shape index (κ2) is 5.83. The molecule has 2 heteroatoms. The van der Waals surface area contributed by atoms with E-state index >= 15 is 0 Å². The molecule has 1 heterocycles. The van der Waals surface area contributed by atoms with Crippen LogP contribution in [0.2, 0.25) is 0 Å². The summed E-state index contributed by atoms with van der Waals surface area (Å²) in [5.74, 6) is 0. The lowest BCUT2D eigenvalue weighted by molar-refractivity contribution is 0.0503. The first kappa shape index (κ1) is 12.8. The lowest BCUT2D eigenvalue weighted by Gasteiger charge is -2.43. The zero-order chi connectivity index (χ0) is 12.1. The van der Waals surface area contributed by atoms with Crippen LogP contribution >= 0.6 is 0 Å². The van der Waals surface area contributed by atoms with Crippen LogP contribution in [0.3, 0.4) is 0 Å². The molecule has 0 spiro atoms. The van der Waals surface area contributed by atoms with Crippen molar-refractivity contribution >= 4 is 0 Å². The van der Waals surface area contributed by atoms with Crippen LogP contribution in [0.15, 0.2) is 24.3 Å². The first-order valence-corrected chi connectivity index (χ1v) is 7.01. The van der Waals surface area contributed by atoms with Gasteiger partial charge in [0.05, 0.1) is 6.61 Å². The molecule has 1 saturated heterocycles. The number of hydrogen-bond acceptors (Lipinski definition) is 2. The fourth-order valence-electron chi connectivity index (χ4n) is 3.35. The summed E-state index contributed by atoms with van der Waals surface area (Å²) in [6.45, 7) is 4.81. The van der Waals surface area contributed by atoms with E-state index < -0.39 is 0 Å². The summed E-state index contributed by atoms with van der Waals surface area (Å²) in [5, 5.41) is 9.89. The van der Waals surface area contributed by atoms with Gasteiger partial charge < -0.3 is 5.11 Å². The molecule has 0 aromatic carbocycles. The average Bonchev–Trinajstić information content (AvgIpc) is 2.65. The second-order valence-electron chi connectivity index (χ2n) is 5.38. The molecule has 1 aliphatic heterocycles. The second-order valence-corrected chi connectivity index (χ2v) is 5.38. The summed E-state index contributed by atoms with van der Waals surface area (Å²) in [6.07, 6.45) is 14.8. The number of rotatable bonds is 3. The van der Waals surface area contributed by atoms with Crippen molar-refractivity contribution in [1.82, 2.24) is 4.90 Å². The van der Waals surface area contributed by atoms with Crippen LogP contribution in [0, 0.1) is 5.41 Å². The Kier molecular flexibility index (Phi) is 4.41. The van der Waals surface area contributed by atoms with E-state index in [0.29, 0.717) is 6.04 Å². The van der Waals surface area contributed by atoms with Gasteiger partial charge in [0.2, 0.25) is 0 Å². The summed E-state index contributed by atoms with van der Waals surface area (Å²) in [4.78, 5) is 2.58. The summed E-state index contributed by atoms with van der Waals surface area (Å²) in [7, 11) is 0. The average molecular weight is 235 g/mol. The normalized spacial score (nSPS) is 34.8. The quantitative estimate of drug-likeness (QED) is 0.813. The molecule has 2 rings (SSSR count). The molecule has 0 aromatic rings. The molecule has 0 amide bonds. The Bertz CT molecular complexity index is 297. The van der Waals surface area contributed by atoms with Crippen molar-refractivity contribution in [2.75, 3.05) is 19.7 Å². The zero-order valence-electron chi connectivity index (χ0n) is 10.9. The van der Waals surface area contributed by atoms with Crippen LogP contribution in [0.5, 0.6) is 0 Å². The lowest BCUT2D eigenvalue weighted by Crippen LogP contribution is -2.49. The fraction of sp³-hybridized carbons (Fsp3) is 0.733. The number of allylic oxidation sites excluding steroid dienone is 3. The SMILES string of the molecule is CCN1CCCCCC1C1(CO)C=CC=CC1. The minimum Gasteiger partial charge on any atom is -0.395 e. The van der Waals surface area contributed by atoms with Crippen molar-refractivity contribution in [3.05, 3.63) is 24.3 Å². The van der Waals surface area contributed by atoms with Gasteiger partial charge in [0.1, 0.15) is 0 Å². The van der Waals surface area contributed by atoms with Crippen LogP contribution in [0.1, 0.15) is 39.0 Å². The van der Waals surface area contributed by atoms with Crippen molar-refractivity contribution < 1.29 is 5.11 Å². The van der Waals surface area contributed by atoms with Crippen molar-refractivity contribution in [1.29, 1.82) is 0 Å². The van der Waals surface area contributed by atoms with Crippen LogP contribution in [0.25, 0.3) is 0 Å². The molecule has 2 aliphatic rings. The first-order valence-electron chi connectivity index (χ1n) is 7.01. The molecular formula is C15H25NO. The van der Waals surface area contributed by atoms with E-state index in [1.807, 2.05) is 0 Å². The Morgan fingerprint density at radius 3 is 2.82 bits per heavy atom. The third-order valence-corrected chi connectivity index (χ3v) is 4.40. The van der Waals surface area contributed by atoms with Crippen molar-refractivity contribution in [3.63, 3.8) is 0 Å². The summed E-state index contributed by atoms with van der Waals surface area (Å²) < 4.78 is 0. The fourth-order valence-corrected chi connectivity index (χ4v) is 3.35. The number of hydrogen-bond donors (Lipinski definition) is 1. The van der Waals surface area contributed by atoms with Crippen LogP contribution in [0.4, 0.5) is 0 Å². The van der Waals surface area contributed by atoms with Gasteiger partial charge in [-0.2, -0.15) is 0 Å². The predicted molar refractivity (Wildman–Crippen MR) is 71.9 cm³/mol. The van der Waals surface area contributed by atoms with E-state index in [4.69, 9.17) is 0 Å². The van der Waals surface area contributed by atoms with Gasteiger partial charge in [0, 0.05) is 11.5 Å². The lowest BCUT2D eigenvalue weighted by atomic mass is 9.73. The number of aliphatic hydroxyl groups excluding tert-OH is 1. The Morgan fingerprint density at radius 2 is 2.18 bits per heavy atom. The molecular weight excluding hydrogens is 210 g/mol. The van der Waals surface area contributed by atoms with Gasteiger partial charge in [-0.1, -0.05) is 44.1 Å². The third-order valence-electron chi connectivity index (χ3n) is 4.40. The molecule has 0 radical (unpaired) electrons. The zero-order valence-corrected chi connectivity index (χ0v) is 10.9. The monoisotopic (exact) mass is 235 g/mol. The van der Waals surface area contributed by atoms with Gasteiger partial charge in [0.25, 0.3) is 0 Å². The molecule has 2 unspecified atom stereocenters. The van der Waals surface area contributed by atoms with E-state index in [1.54, 1.807) is 0 Å². The van der Waals surface area contributed by atoms with E-state index in [2.05, 4.69) is 36.1 Å². The highest BCUT2D eigenvalue weighted by molar-refractivity contribution is 5.19. The van der Waals surface area contributed by atoms with E-state index in [0.717, 1.165) is 13.0 Å². The standard InChI is InChI=1S/C15H25NO/c1-2-16-12-8-3-5-9-14(16)15(13-17)10-6-4-7-11-15/h4,6-7,10,14,17H,2-3,5,8-9,11-13H2,1H3. The van der Waals surface area contributed by atoms with Gasteiger partial charge in [-0.3, -0.25) is 4.90 Å². The highest BCUT2D eigenvalue weighted by Crippen LogP contribution is 2.38. The molecule has 96 valence electrons. The third kappa shape index (κ3) is 2.63. The minimum absolute atomic E-state index is 0.0326. The Morgan fingerprint density at radius 1 is 1.29 bits per heavy atom. The maximum atomic E-state index is 9.89. The number of nitrogens with zero attached hydrogens (tertiary/aromatic N) is 1. The Labute approximate surface area is 105 Å². The highest BCUT2D eigenvalue weighted by Gasteiger charge is 2.39. The summed E-state index contributed by atoms with van der Waals surface area (Å²) in [5.41, 5.74) is -0.0326. The van der Waals surface area contributed by atoms with Crippen molar-refractivity contribution in [2.45, 2.75) is 45.1 Å². The van der Waals surface area contributed by atoms with Crippen LogP contribution < -0.4 is 0 Å². The topological polar surface area (TPSA) is 23.5 Å². The molecule has 1 fully saturated rings. The summed E-state index contributed by atoms with van der Waals surface area (Å²) >= 11 is 0. The largest absolute Gasteiger partial charge is 0.395 e. The van der Waals surface area contributed by atoms with Gasteiger partial charge in [-0.05, 0) is 32.4 Å². The molecule has 17 heavy (non-hydrogen) atoms. The van der Waals surface area contributed by atoms with Crippen LogP contribution in [-0.4, -0.2) is 35.7 Å². The van der Waals surface area contributed by atoms with Gasteiger partial charge in [-0.25, -0.2) is 0 Å². The molecule has 1 N–H and O–H groups in total. The maximum Gasteiger partial charge on any atom is 0.0540 e. The Hall–Kier alpha value is -0.600. The number of likely N-dealkylation sites (tertiary alicyclic amines) is 1. The highest BCUT2D eigenvalue weighted by atomic mass is 16.3. The predicted octanol–water partition coefficient (Wildman–Crippen LogP) is 2.75. The molecule has 1 aliphatic carbocycles. The van der Waals surface area contributed by atoms with Gasteiger partial charge >= 0.3 is 0 Å². The molecule has 0 saturated carbocycles. The molecule has 2 nitrogen and oxygen atoms in total. The van der Waals surface area contributed by atoms with E-state index in [-0.39, 0.29) is 12.0 Å². The maximum absolute atomic E-state index is 9.89. The number of aliphatic hydroxyl groups is 1. The van der Waals surface area contributed by atoms with Crippen molar-refractivity contribution in [3.8, 4) is 0 Å². The first-order chi connectivity index (χ1) is 8.32. The van der Waals surface area contributed by atoms with Crippen molar-refractivity contribution in [2.24, 2.45) is 5.41 Å². The summed E-state index contributed by atoms with van der Waals surface area (Å²) in [6, 6.07) is 0.515. The molecule has 0 aromatic heterocycles. The van der Waals surface area contributed by atoms with E-state index in [9.17, 15) is 5.11 Å². The Balaban J connectivity index is 2.20. The van der Waals surface area contributed by atoms with Gasteiger partial charge in [-0.15, -0.1) is 0 Å². The van der Waals surface area contributed by atoms with Crippen LogP contribution in [-0.2, 0) is 0 Å². The van der Waals surface area contributed by atoms with Gasteiger partial charge in [0.15, 0.2) is 0 Å².